The Morgan fingerprint density at radius 3 is 2.67 bits per heavy atom. The number of hydrogen-bond donors (Lipinski definition) is 0. The van der Waals surface area contributed by atoms with Crippen LogP contribution < -0.4 is 0 Å². The normalized spacial score (nSPS) is 15.5. The van der Waals surface area contributed by atoms with Gasteiger partial charge in [-0.05, 0) is 56.4 Å². The van der Waals surface area contributed by atoms with Crippen LogP contribution in [0.2, 0.25) is 10.0 Å². The lowest BCUT2D eigenvalue weighted by molar-refractivity contribution is 0.103. The fraction of sp³-hybridized carbons (Fsp3) is 0.381. The van der Waals surface area contributed by atoms with Crippen molar-refractivity contribution in [1.82, 2.24) is 9.47 Å². The minimum Gasteiger partial charge on any atom is -0.335 e. The van der Waals surface area contributed by atoms with Gasteiger partial charge in [-0.25, -0.2) is 0 Å². The second-order valence-electron chi connectivity index (χ2n) is 7.08. The summed E-state index contributed by atoms with van der Waals surface area (Å²) in [6.45, 7) is 6.32. The predicted octanol–water partition coefficient (Wildman–Crippen LogP) is 6.03. The SMILES string of the molecule is Cc1c(C(=O)c2cccc(Cl)c2Cl)c2ccsc2n1CCN1CCCCC1. The van der Waals surface area contributed by atoms with Crippen molar-refractivity contribution in [2.75, 3.05) is 19.6 Å². The van der Waals surface area contributed by atoms with Gasteiger partial charge in [-0.15, -0.1) is 11.3 Å². The van der Waals surface area contributed by atoms with Crippen LogP contribution in [-0.2, 0) is 6.54 Å². The zero-order chi connectivity index (χ0) is 19.0. The van der Waals surface area contributed by atoms with E-state index in [4.69, 9.17) is 23.2 Å². The molecule has 0 radical (unpaired) electrons. The first-order valence-electron chi connectivity index (χ1n) is 9.35. The molecule has 0 spiro atoms. The first kappa shape index (κ1) is 19.0. The van der Waals surface area contributed by atoms with Gasteiger partial charge in [0.1, 0.15) is 4.83 Å². The van der Waals surface area contributed by atoms with Gasteiger partial charge >= 0.3 is 0 Å². The summed E-state index contributed by atoms with van der Waals surface area (Å²) < 4.78 is 2.29. The molecule has 3 heterocycles. The Kier molecular flexibility index (Phi) is 5.60. The lowest BCUT2D eigenvalue weighted by atomic mass is 10.0. The molecule has 0 saturated carbocycles. The third-order valence-corrected chi connectivity index (χ3v) is 7.19. The minimum absolute atomic E-state index is 0.0554. The third kappa shape index (κ3) is 3.56. The number of rotatable bonds is 5. The van der Waals surface area contributed by atoms with Gasteiger partial charge in [-0.1, -0.05) is 35.7 Å². The maximum Gasteiger partial charge on any atom is 0.197 e. The number of piperidine rings is 1. The maximum atomic E-state index is 13.3. The number of carbonyl (C=O) groups excluding carboxylic acids is 1. The number of benzene rings is 1. The summed E-state index contributed by atoms with van der Waals surface area (Å²) in [6.07, 6.45) is 3.92. The third-order valence-electron chi connectivity index (χ3n) is 5.44. The maximum absolute atomic E-state index is 13.3. The Bertz CT molecular complexity index is 986. The van der Waals surface area contributed by atoms with Gasteiger partial charge in [-0.3, -0.25) is 4.79 Å². The fourth-order valence-corrected chi connectivity index (χ4v) is 5.35. The van der Waals surface area contributed by atoms with E-state index in [2.05, 4.69) is 14.8 Å². The zero-order valence-electron chi connectivity index (χ0n) is 15.3. The van der Waals surface area contributed by atoms with E-state index in [0.717, 1.165) is 34.6 Å². The van der Waals surface area contributed by atoms with Crippen LogP contribution in [0.1, 0.15) is 40.9 Å². The van der Waals surface area contributed by atoms with E-state index >= 15 is 0 Å². The number of carbonyl (C=O) groups is 1. The summed E-state index contributed by atoms with van der Waals surface area (Å²) >= 11 is 14.1. The number of aromatic nitrogens is 1. The largest absolute Gasteiger partial charge is 0.335 e. The van der Waals surface area contributed by atoms with Crippen molar-refractivity contribution >= 4 is 50.5 Å². The van der Waals surface area contributed by atoms with Crippen molar-refractivity contribution < 1.29 is 4.79 Å². The average Bonchev–Trinajstić information content (AvgIpc) is 3.23. The summed E-state index contributed by atoms with van der Waals surface area (Å²) in [6, 6.07) is 7.27. The molecule has 3 aromatic rings. The molecule has 3 nitrogen and oxygen atoms in total. The van der Waals surface area contributed by atoms with Crippen LogP contribution in [0.3, 0.4) is 0 Å². The molecule has 1 aromatic carbocycles. The summed E-state index contributed by atoms with van der Waals surface area (Å²) in [5, 5.41) is 3.80. The molecule has 0 aliphatic carbocycles. The van der Waals surface area contributed by atoms with E-state index in [1.807, 2.05) is 13.0 Å². The zero-order valence-corrected chi connectivity index (χ0v) is 17.6. The molecule has 1 aliphatic rings. The molecular weight excluding hydrogens is 399 g/mol. The van der Waals surface area contributed by atoms with Gasteiger partial charge in [0, 0.05) is 29.7 Å². The average molecular weight is 421 g/mol. The van der Waals surface area contributed by atoms with Gasteiger partial charge in [-0.2, -0.15) is 0 Å². The highest BCUT2D eigenvalue weighted by atomic mass is 35.5. The number of ketones is 1. The number of halogens is 2. The first-order valence-corrected chi connectivity index (χ1v) is 11.0. The van der Waals surface area contributed by atoms with Crippen LogP contribution in [-0.4, -0.2) is 34.9 Å². The van der Waals surface area contributed by atoms with Crippen LogP contribution in [0.5, 0.6) is 0 Å². The number of likely N-dealkylation sites (tertiary alicyclic amines) is 1. The molecule has 0 bridgehead atoms. The molecule has 1 aliphatic heterocycles. The van der Waals surface area contributed by atoms with Crippen molar-refractivity contribution in [1.29, 1.82) is 0 Å². The summed E-state index contributed by atoms with van der Waals surface area (Å²) in [5.41, 5.74) is 2.22. The Morgan fingerprint density at radius 2 is 1.89 bits per heavy atom. The molecule has 0 N–H and O–H groups in total. The molecule has 27 heavy (non-hydrogen) atoms. The minimum atomic E-state index is -0.0554. The number of hydrogen-bond acceptors (Lipinski definition) is 3. The summed E-state index contributed by atoms with van der Waals surface area (Å²) in [7, 11) is 0. The molecular formula is C21H22Cl2N2OS. The Hall–Kier alpha value is -1.33. The van der Waals surface area contributed by atoms with Gasteiger partial charge in [0.2, 0.25) is 0 Å². The van der Waals surface area contributed by atoms with Crippen molar-refractivity contribution in [3.8, 4) is 0 Å². The van der Waals surface area contributed by atoms with E-state index in [1.54, 1.807) is 29.5 Å². The Labute approximate surface area is 173 Å². The van der Waals surface area contributed by atoms with Crippen molar-refractivity contribution in [2.45, 2.75) is 32.7 Å². The first-order chi connectivity index (χ1) is 13.1. The molecule has 6 heteroatoms. The van der Waals surface area contributed by atoms with Crippen LogP contribution >= 0.6 is 34.5 Å². The van der Waals surface area contributed by atoms with Crippen molar-refractivity contribution in [2.24, 2.45) is 0 Å². The fourth-order valence-electron chi connectivity index (χ4n) is 3.98. The number of nitrogens with zero attached hydrogens (tertiary/aromatic N) is 2. The second kappa shape index (κ2) is 7.96. The lowest BCUT2D eigenvalue weighted by Gasteiger charge is -2.26. The van der Waals surface area contributed by atoms with E-state index in [9.17, 15) is 4.79 Å². The topological polar surface area (TPSA) is 25.2 Å². The van der Waals surface area contributed by atoms with Crippen molar-refractivity contribution in [3.63, 3.8) is 0 Å². The number of fused-ring (bicyclic) bond motifs is 1. The summed E-state index contributed by atoms with van der Waals surface area (Å²) in [4.78, 5) is 17.0. The van der Waals surface area contributed by atoms with E-state index in [0.29, 0.717) is 15.6 Å². The van der Waals surface area contributed by atoms with Gasteiger partial charge in [0.05, 0.1) is 15.6 Å². The van der Waals surface area contributed by atoms with E-state index in [1.165, 1.54) is 32.4 Å². The molecule has 0 amide bonds. The van der Waals surface area contributed by atoms with Crippen LogP contribution in [0.25, 0.3) is 10.2 Å². The highest BCUT2D eigenvalue weighted by Crippen LogP contribution is 2.34. The monoisotopic (exact) mass is 420 g/mol. The molecule has 4 rings (SSSR count). The van der Waals surface area contributed by atoms with Gasteiger partial charge in [0.15, 0.2) is 5.78 Å². The van der Waals surface area contributed by atoms with Crippen molar-refractivity contribution in [3.05, 3.63) is 56.5 Å². The molecule has 1 saturated heterocycles. The Morgan fingerprint density at radius 1 is 1.11 bits per heavy atom. The molecule has 0 unspecified atom stereocenters. The Balaban J connectivity index is 1.69. The van der Waals surface area contributed by atoms with Crippen LogP contribution in [0, 0.1) is 6.92 Å². The lowest BCUT2D eigenvalue weighted by Crippen LogP contribution is -2.32. The summed E-state index contributed by atoms with van der Waals surface area (Å²) in [5.74, 6) is -0.0554. The smallest absolute Gasteiger partial charge is 0.197 e. The quantitative estimate of drug-likeness (QED) is 0.470. The molecule has 142 valence electrons. The second-order valence-corrected chi connectivity index (χ2v) is 8.76. The predicted molar refractivity (Wildman–Crippen MR) is 115 cm³/mol. The van der Waals surface area contributed by atoms with Crippen LogP contribution in [0.4, 0.5) is 0 Å². The van der Waals surface area contributed by atoms with E-state index < -0.39 is 0 Å². The highest BCUT2D eigenvalue weighted by Gasteiger charge is 2.24. The molecule has 2 aromatic heterocycles. The highest BCUT2D eigenvalue weighted by molar-refractivity contribution is 7.16. The van der Waals surface area contributed by atoms with Gasteiger partial charge < -0.3 is 9.47 Å². The van der Waals surface area contributed by atoms with E-state index in [-0.39, 0.29) is 5.78 Å². The van der Waals surface area contributed by atoms with Gasteiger partial charge in [0.25, 0.3) is 0 Å². The molecule has 1 fully saturated rings. The molecule has 0 atom stereocenters. The standard InChI is InChI=1S/C21H22Cl2N2OS/c1-14-18(20(26)16-6-5-7-17(22)19(16)23)15-8-13-27-21(15)25(14)12-11-24-9-3-2-4-10-24/h5-8,13H,2-4,9-12H2,1H3. The number of thiophene rings is 1. The van der Waals surface area contributed by atoms with Crippen LogP contribution in [0.15, 0.2) is 29.6 Å².